The monoisotopic (exact) mass is 216 g/mol. The molecule has 0 bridgehead atoms. The summed E-state index contributed by atoms with van der Waals surface area (Å²) in [6, 6.07) is 5.46. The van der Waals surface area contributed by atoms with Gasteiger partial charge in [0, 0.05) is 12.0 Å². The van der Waals surface area contributed by atoms with Crippen LogP contribution in [0.4, 0.5) is 0 Å². The number of hydrogen-bond donors (Lipinski definition) is 0. The predicted octanol–water partition coefficient (Wildman–Crippen LogP) is 2.99. The lowest BCUT2D eigenvalue weighted by Gasteiger charge is -2.09. The maximum absolute atomic E-state index is 11.1. The first-order chi connectivity index (χ1) is 7.65. The molecule has 0 aliphatic carbocycles. The van der Waals surface area contributed by atoms with Gasteiger partial charge in [0.05, 0.1) is 6.61 Å². The molecule has 0 aliphatic rings. The maximum Gasteiger partial charge on any atom is 0.159 e. The summed E-state index contributed by atoms with van der Waals surface area (Å²) in [6.07, 6.45) is 6.73. The summed E-state index contributed by atoms with van der Waals surface area (Å²) in [6.45, 7) is 4.11. The van der Waals surface area contributed by atoms with Gasteiger partial charge in [-0.05, 0) is 44.0 Å². The van der Waals surface area contributed by atoms with Crippen LogP contribution in [0.15, 0.2) is 18.2 Å². The molecule has 0 amide bonds. The van der Waals surface area contributed by atoms with Gasteiger partial charge in [0.1, 0.15) is 5.75 Å². The van der Waals surface area contributed by atoms with Crippen molar-refractivity contribution >= 4 is 5.78 Å². The lowest BCUT2D eigenvalue weighted by atomic mass is 10.1. The molecule has 0 aliphatic heterocycles. The second-order valence-corrected chi connectivity index (χ2v) is 3.69. The molecule has 2 nitrogen and oxygen atoms in total. The molecule has 0 saturated heterocycles. The van der Waals surface area contributed by atoms with Gasteiger partial charge in [0.25, 0.3) is 0 Å². The number of ether oxygens (including phenoxy) is 1. The highest BCUT2D eigenvalue weighted by Crippen LogP contribution is 2.19. The SMILES string of the molecule is C#CCCCOc1ccc(C(C)=O)cc1C. The zero-order chi connectivity index (χ0) is 12.0. The van der Waals surface area contributed by atoms with Gasteiger partial charge >= 0.3 is 0 Å². The molecule has 0 aromatic heterocycles. The third kappa shape index (κ3) is 3.43. The lowest BCUT2D eigenvalue weighted by molar-refractivity contribution is 0.101. The van der Waals surface area contributed by atoms with Crippen molar-refractivity contribution in [3.63, 3.8) is 0 Å². The molecule has 0 radical (unpaired) electrons. The van der Waals surface area contributed by atoms with Crippen molar-refractivity contribution in [3.05, 3.63) is 29.3 Å². The van der Waals surface area contributed by atoms with Gasteiger partial charge in [0.15, 0.2) is 5.78 Å². The Balaban J connectivity index is 2.62. The molecule has 0 N–H and O–H groups in total. The molecular weight excluding hydrogens is 200 g/mol. The summed E-state index contributed by atoms with van der Waals surface area (Å²) in [7, 11) is 0. The largest absolute Gasteiger partial charge is 0.493 e. The quantitative estimate of drug-likeness (QED) is 0.429. The topological polar surface area (TPSA) is 26.3 Å². The van der Waals surface area contributed by atoms with E-state index in [4.69, 9.17) is 11.2 Å². The number of terminal acetylenes is 1. The highest BCUT2D eigenvalue weighted by atomic mass is 16.5. The van der Waals surface area contributed by atoms with Crippen molar-refractivity contribution in [3.8, 4) is 18.1 Å². The van der Waals surface area contributed by atoms with Gasteiger partial charge in [0.2, 0.25) is 0 Å². The maximum atomic E-state index is 11.1. The molecule has 16 heavy (non-hydrogen) atoms. The standard InChI is InChI=1S/C14H16O2/c1-4-5-6-9-16-14-8-7-13(12(3)15)10-11(14)2/h1,7-8,10H,5-6,9H2,2-3H3. The molecule has 0 fully saturated rings. The van der Waals surface area contributed by atoms with E-state index in [0.717, 1.165) is 24.2 Å². The third-order valence-corrected chi connectivity index (χ3v) is 2.30. The highest BCUT2D eigenvalue weighted by molar-refractivity contribution is 5.94. The van der Waals surface area contributed by atoms with Gasteiger partial charge in [-0.25, -0.2) is 0 Å². The van der Waals surface area contributed by atoms with Crippen LogP contribution < -0.4 is 4.74 Å². The number of rotatable bonds is 5. The normalized spacial score (nSPS) is 9.56. The van der Waals surface area contributed by atoms with Crippen molar-refractivity contribution in [2.75, 3.05) is 6.61 Å². The average molecular weight is 216 g/mol. The van der Waals surface area contributed by atoms with Crippen molar-refractivity contribution in [2.45, 2.75) is 26.7 Å². The molecule has 84 valence electrons. The van der Waals surface area contributed by atoms with E-state index in [0.29, 0.717) is 12.2 Å². The number of aryl methyl sites for hydroxylation is 1. The van der Waals surface area contributed by atoms with Crippen molar-refractivity contribution in [1.29, 1.82) is 0 Å². The van der Waals surface area contributed by atoms with Crippen LogP contribution in [-0.4, -0.2) is 12.4 Å². The van der Waals surface area contributed by atoms with Crippen LogP contribution >= 0.6 is 0 Å². The van der Waals surface area contributed by atoms with E-state index in [-0.39, 0.29) is 5.78 Å². The fraction of sp³-hybridized carbons (Fsp3) is 0.357. The molecule has 0 atom stereocenters. The van der Waals surface area contributed by atoms with Crippen molar-refractivity contribution in [1.82, 2.24) is 0 Å². The molecule has 2 heteroatoms. The summed E-state index contributed by atoms with van der Waals surface area (Å²) in [4.78, 5) is 11.1. The van der Waals surface area contributed by atoms with Crippen molar-refractivity contribution in [2.24, 2.45) is 0 Å². The van der Waals surface area contributed by atoms with E-state index in [1.165, 1.54) is 0 Å². The Bertz CT molecular complexity index is 413. The highest BCUT2D eigenvalue weighted by Gasteiger charge is 2.03. The molecule has 0 spiro atoms. The lowest BCUT2D eigenvalue weighted by Crippen LogP contribution is -2.00. The number of carbonyl (C=O) groups excluding carboxylic acids is 1. The van der Waals surface area contributed by atoms with E-state index in [2.05, 4.69) is 5.92 Å². The van der Waals surface area contributed by atoms with Crippen LogP contribution in [0.1, 0.15) is 35.7 Å². The molecule has 1 aromatic carbocycles. The van der Waals surface area contributed by atoms with Crippen LogP contribution in [0.3, 0.4) is 0 Å². The number of hydrogen-bond acceptors (Lipinski definition) is 2. The summed E-state index contributed by atoms with van der Waals surface area (Å²) < 4.78 is 5.57. The molecule has 1 rings (SSSR count). The Morgan fingerprint density at radius 2 is 2.25 bits per heavy atom. The Morgan fingerprint density at radius 1 is 1.50 bits per heavy atom. The molecule has 0 unspecified atom stereocenters. The first-order valence-electron chi connectivity index (χ1n) is 5.33. The first-order valence-corrected chi connectivity index (χ1v) is 5.33. The number of carbonyl (C=O) groups is 1. The summed E-state index contributed by atoms with van der Waals surface area (Å²) in [5, 5.41) is 0. The predicted molar refractivity (Wildman–Crippen MR) is 64.7 cm³/mol. The van der Waals surface area contributed by atoms with Crippen LogP contribution in [0.25, 0.3) is 0 Å². The number of ketones is 1. The summed E-state index contributed by atoms with van der Waals surface area (Å²) >= 11 is 0. The number of unbranched alkanes of at least 4 members (excludes halogenated alkanes) is 1. The van der Waals surface area contributed by atoms with Crippen LogP contribution in [0, 0.1) is 19.3 Å². The minimum Gasteiger partial charge on any atom is -0.493 e. The fourth-order valence-electron chi connectivity index (χ4n) is 1.39. The number of Topliss-reactive ketones (excluding diaryl/α,β-unsaturated/α-hetero) is 1. The zero-order valence-electron chi connectivity index (χ0n) is 9.75. The van der Waals surface area contributed by atoms with E-state index >= 15 is 0 Å². The van der Waals surface area contributed by atoms with Gasteiger partial charge in [-0.1, -0.05) is 0 Å². The second-order valence-electron chi connectivity index (χ2n) is 3.69. The molecule has 0 heterocycles. The summed E-state index contributed by atoms with van der Waals surface area (Å²) in [5.41, 5.74) is 1.70. The summed E-state index contributed by atoms with van der Waals surface area (Å²) in [5.74, 6) is 3.46. The minimum absolute atomic E-state index is 0.0713. The molecule has 1 aromatic rings. The van der Waals surface area contributed by atoms with E-state index < -0.39 is 0 Å². The van der Waals surface area contributed by atoms with Gasteiger partial charge in [-0.2, -0.15) is 0 Å². The Hall–Kier alpha value is -1.75. The van der Waals surface area contributed by atoms with E-state index in [9.17, 15) is 4.79 Å². The molecular formula is C14H16O2. The average Bonchev–Trinajstić information content (AvgIpc) is 2.26. The smallest absolute Gasteiger partial charge is 0.159 e. The van der Waals surface area contributed by atoms with Gasteiger partial charge < -0.3 is 4.74 Å². The zero-order valence-corrected chi connectivity index (χ0v) is 9.75. The van der Waals surface area contributed by atoms with E-state index in [1.807, 2.05) is 19.1 Å². The molecule has 0 saturated carbocycles. The van der Waals surface area contributed by atoms with Crippen LogP contribution in [0.5, 0.6) is 5.75 Å². The first kappa shape index (κ1) is 12.3. The van der Waals surface area contributed by atoms with Crippen LogP contribution in [-0.2, 0) is 0 Å². The minimum atomic E-state index is 0.0713. The Kier molecular flexibility index (Phi) is 4.60. The Labute approximate surface area is 96.6 Å². The van der Waals surface area contributed by atoms with Crippen LogP contribution in [0.2, 0.25) is 0 Å². The number of benzene rings is 1. The van der Waals surface area contributed by atoms with Gasteiger partial charge in [-0.3, -0.25) is 4.79 Å². The fourth-order valence-corrected chi connectivity index (χ4v) is 1.39. The van der Waals surface area contributed by atoms with E-state index in [1.54, 1.807) is 13.0 Å². The van der Waals surface area contributed by atoms with Crippen molar-refractivity contribution < 1.29 is 9.53 Å². The van der Waals surface area contributed by atoms with Gasteiger partial charge in [-0.15, -0.1) is 12.3 Å². The Morgan fingerprint density at radius 3 is 2.81 bits per heavy atom. The second kappa shape index (κ2) is 5.97. The third-order valence-electron chi connectivity index (χ3n) is 2.30.